The molecule has 0 amide bonds. The minimum Gasteiger partial charge on any atom is -0.462 e. The fourth-order valence-corrected chi connectivity index (χ4v) is 3.04. The SMILES string of the molecule is CCOC(=O)c1c(C)[nH]c(C)c1C(=O)Cn1cnc2ccccc2c1=O. The van der Waals surface area contributed by atoms with Gasteiger partial charge >= 0.3 is 5.97 Å². The highest BCUT2D eigenvalue weighted by Gasteiger charge is 2.25. The number of ether oxygens (including phenoxy) is 1. The van der Waals surface area contributed by atoms with Gasteiger partial charge in [0.05, 0.1) is 41.5 Å². The van der Waals surface area contributed by atoms with Gasteiger partial charge < -0.3 is 9.72 Å². The number of carbonyl (C=O) groups is 2. The van der Waals surface area contributed by atoms with Crippen LogP contribution in [-0.2, 0) is 11.3 Å². The summed E-state index contributed by atoms with van der Waals surface area (Å²) in [4.78, 5) is 44.9. The Morgan fingerprint density at radius 2 is 1.85 bits per heavy atom. The smallest absolute Gasteiger partial charge is 0.340 e. The first-order valence-corrected chi connectivity index (χ1v) is 8.27. The van der Waals surface area contributed by atoms with Crippen LogP contribution < -0.4 is 5.56 Å². The van der Waals surface area contributed by atoms with Gasteiger partial charge in [0, 0.05) is 11.4 Å². The minimum atomic E-state index is -0.554. The normalized spacial score (nSPS) is 10.9. The van der Waals surface area contributed by atoms with E-state index in [-0.39, 0.29) is 35.6 Å². The van der Waals surface area contributed by atoms with Crippen LogP contribution >= 0.6 is 0 Å². The number of para-hydroxylation sites is 1. The number of ketones is 1. The van der Waals surface area contributed by atoms with Crippen LogP contribution in [0.2, 0.25) is 0 Å². The Morgan fingerprint density at radius 1 is 1.15 bits per heavy atom. The van der Waals surface area contributed by atoms with Crippen LogP contribution in [0, 0.1) is 13.8 Å². The van der Waals surface area contributed by atoms with Crippen molar-refractivity contribution in [1.29, 1.82) is 0 Å². The van der Waals surface area contributed by atoms with Crippen molar-refractivity contribution in [3.05, 3.63) is 63.5 Å². The summed E-state index contributed by atoms with van der Waals surface area (Å²) in [5.41, 5.74) is 1.87. The predicted molar refractivity (Wildman–Crippen MR) is 96.6 cm³/mol. The van der Waals surface area contributed by atoms with Crippen molar-refractivity contribution >= 4 is 22.7 Å². The monoisotopic (exact) mass is 353 g/mol. The van der Waals surface area contributed by atoms with E-state index < -0.39 is 5.97 Å². The summed E-state index contributed by atoms with van der Waals surface area (Å²) in [7, 11) is 0. The molecule has 26 heavy (non-hydrogen) atoms. The van der Waals surface area contributed by atoms with Gasteiger partial charge in [-0.25, -0.2) is 9.78 Å². The molecule has 2 aromatic heterocycles. The topological polar surface area (TPSA) is 94.1 Å². The van der Waals surface area contributed by atoms with Crippen LogP contribution in [0.3, 0.4) is 0 Å². The fraction of sp³-hybridized carbons (Fsp3) is 0.263. The number of Topliss-reactive ketones (excluding diaryl/α,β-unsaturated/α-hetero) is 1. The minimum absolute atomic E-state index is 0.207. The van der Waals surface area contributed by atoms with E-state index in [2.05, 4.69) is 9.97 Å². The highest BCUT2D eigenvalue weighted by molar-refractivity contribution is 6.08. The van der Waals surface area contributed by atoms with Crippen molar-refractivity contribution in [2.75, 3.05) is 6.61 Å². The molecule has 7 heteroatoms. The van der Waals surface area contributed by atoms with E-state index in [1.165, 1.54) is 10.9 Å². The van der Waals surface area contributed by atoms with Crippen molar-refractivity contribution in [2.24, 2.45) is 0 Å². The van der Waals surface area contributed by atoms with Gasteiger partial charge in [0.25, 0.3) is 5.56 Å². The van der Waals surface area contributed by atoms with Crippen LogP contribution in [0.15, 0.2) is 35.4 Å². The second-order valence-corrected chi connectivity index (χ2v) is 5.96. The summed E-state index contributed by atoms with van der Waals surface area (Å²) in [6.45, 7) is 5.13. The number of aromatic nitrogens is 3. The maximum atomic E-state index is 12.9. The van der Waals surface area contributed by atoms with Gasteiger partial charge in [-0.2, -0.15) is 0 Å². The number of benzene rings is 1. The molecule has 0 spiro atoms. The molecule has 3 rings (SSSR count). The van der Waals surface area contributed by atoms with E-state index in [9.17, 15) is 14.4 Å². The van der Waals surface area contributed by atoms with Gasteiger partial charge in [0.1, 0.15) is 0 Å². The number of nitrogens with one attached hydrogen (secondary N) is 1. The van der Waals surface area contributed by atoms with E-state index in [1.807, 2.05) is 0 Å². The lowest BCUT2D eigenvalue weighted by Gasteiger charge is -2.08. The van der Waals surface area contributed by atoms with Gasteiger partial charge in [-0.1, -0.05) is 12.1 Å². The van der Waals surface area contributed by atoms with Crippen molar-refractivity contribution < 1.29 is 14.3 Å². The predicted octanol–water partition coefficient (Wildman–Crippen LogP) is 2.40. The average Bonchev–Trinajstić information content (AvgIpc) is 2.92. The zero-order chi connectivity index (χ0) is 18.8. The van der Waals surface area contributed by atoms with Crippen molar-refractivity contribution in [3.8, 4) is 0 Å². The van der Waals surface area contributed by atoms with E-state index in [4.69, 9.17) is 4.74 Å². The summed E-state index contributed by atoms with van der Waals surface area (Å²) < 4.78 is 6.30. The number of rotatable bonds is 5. The van der Waals surface area contributed by atoms with E-state index in [0.717, 1.165) is 0 Å². The average molecular weight is 353 g/mol. The Morgan fingerprint density at radius 3 is 2.58 bits per heavy atom. The molecule has 0 fully saturated rings. The largest absolute Gasteiger partial charge is 0.462 e. The van der Waals surface area contributed by atoms with Gasteiger partial charge in [0.2, 0.25) is 0 Å². The van der Waals surface area contributed by atoms with Crippen LogP contribution in [0.4, 0.5) is 0 Å². The number of esters is 1. The molecule has 0 aliphatic carbocycles. The van der Waals surface area contributed by atoms with Crippen molar-refractivity contribution in [1.82, 2.24) is 14.5 Å². The zero-order valence-electron chi connectivity index (χ0n) is 14.8. The lowest BCUT2D eigenvalue weighted by molar-refractivity contribution is 0.0522. The second-order valence-electron chi connectivity index (χ2n) is 5.96. The zero-order valence-corrected chi connectivity index (χ0v) is 14.8. The first-order valence-electron chi connectivity index (χ1n) is 8.27. The van der Waals surface area contributed by atoms with Gasteiger partial charge in [0.15, 0.2) is 5.78 Å². The number of fused-ring (bicyclic) bond motifs is 1. The summed E-state index contributed by atoms with van der Waals surface area (Å²) in [6.07, 6.45) is 1.35. The quantitative estimate of drug-likeness (QED) is 0.561. The molecule has 134 valence electrons. The van der Waals surface area contributed by atoms with Crippen LogP contribution in [-0.4, -0.2) is 32.9 Å². The Kier molecular flexibility index (Phi) is 4.71. The molecule has 0 atom stereocenters. The molecule has 0 aliphatic heterocycles. The fourth-order valence-electron chi connectivity index (χ4n) is 3.04. The molecule has 1 aromatic carbocycles. The van der Waals surface area contributed by atoms with E-state index in [1.54, 1.807) is 45.0 Å². The lowest BCUT2D eigenvalue weighted by atomic mass is 10.0. The molecule has 0 radical (unpaired) electrons. The number of aromatic amines is 1. The molecule has 3 aromatic rings. The molecular formula is C19H19N3O4. The molecule has 0 bridgehead atoms. The Bertz CT molecular complexity index is 1060. The number of hydrogen-bond donors (Lipinski definition) is 1. The summed E-state index contributed by atoms with van der Waals surface area (Å²) in [5, 5.41) is 0.440. The van der Waals surface area contributed by atoms with Gasteiger partial charge in [-0.15, -0.1) is 0 Å². The molecule has 0 aliphatic rings. The third-order valence-electron chi connectivity index (χ3n) is 4.18. The molecule has 0 saturated carbocycles. The summed E-state index contributed by atoms with van der Waals surface area (Å²) in [5.74, 6) is -0.907. The Hall–Kier alpha value is -3.22. The van der Waals surface area contributed by atoms with E-state index in [0.29, 0.717) is 22.3 Å². The van der Waals surface area contributed by atoms with Crippen molar-refractivity contribution in [3.63, 3.8) is 0 Å². The number of nitrogens with zero attached hydrogens (tertiary/aromatic N) is 2. The highest BCUT2D eigenvalue weighted by atomic mass is 16.5. The third-order valence-corrected chi connectivity index (χ3v) is 4.18. The number of carbonyl (C=O) groups excluding carboxylic acids is 2. The summed E-state index contributed by atoms with van der Waals surface area (Å²) >= 11 is 0. The summed E-state index contributed by atoms with van der Waals surface area (Å²) in [6, 6.07) is 6.95. The maximum Gasteiger partial charge on any atom is 0.340 e. The Labute approximate surface area is 149 Å². The molecule has 0 saturated heterocycles. The first kappa shape index (κ1) is 17.6. The van der Waals surface area contributed by atoms with Crippen molar-refractivity contribution in [2.45, 2.75) is 27.3 Å². The number of H-pyrrole nitrogens is 1. The maximum absolute atomic E-state index is 12.9. The van der Waals surface area contributed by atoms with Gasteiger partial charge in [-0.05, 0) is 32.9 Å². The van der Waals surface area contributed by atoms with Crippen LogP contribution in [0.1, 0.15) is 39.0 Å². The first-order chi connectivity index (χ1) is 12.4. The molecule has 7 nitrogen and oxygen atoms in total. The molecule has 2 heterocycles. The van der Waals surface area contributed by atoms with E-state index >= 15 is 0 Å². The molecular weight excluding hydrogens is 334 g/mol. The number of aryl methyl sites for hydroxylation is 2. The highest BCUT2D eigenvalue weighted by Crippen LogP contribution is 2.20. The number of hydrogen-bond acceptors (Lipinski definition) is 5. The third kappa shape index (κ3) is 3.03. The second kappa shape index (κ2) is 6.95. The van der Waals surface area contributed by atoms with Crippen LogP contribution in [0.5, 0.6) is 0 Å². The lowest BCUT2D eigenvalue weighted by Crippen LogP contribution is -2.25. The van der Waals surface area contributed by atoms with Gasteiger partial charge in [-0.3, -0.25) is 14.2 Å². The molecule has 1 N–H and O–H groups in total. The van der Waals surface area contributed by atoms with Crippen LogP contribution in [0.25, 0.3) is 10.9 Å². The molecule has 0 unspecified atom stereocenters. The Balaban J connectivity index is 2.00. The standard InChI is InChI=1S/C19H19N3O4/c1-4-26-19(25)17-12(3)21-11(2)16(17)15(23)9-22-10-20-14-8-6-5-7-13(14)18(22)24/h5-8,10,21H,4,9H2,1-3H3.